The highest BCUT2D eigenvalue weighted by Gasteiger charge is 2.53. The van der Waals surface area contributed by atoms with E-state index in [1.165, 1.54) is 38.5 Å². The third-order valence-electron chi connectivity index (χ3n) is 8.10. The van der Waals surface area contributed by atoms with Crippen LogP contribution in [0.25, 0.3) is 0 Å². The van der Waals surface area contributed by atoms with Crippen LogP contribution in [0.2, 0.25) is 0 Å². The summed E-state index contributed by atoms with van der Waals surface area (Å²) in [5.74, 6) is 1.90. The standard InChI is InChI=1S/C24H31N3O3/c1-2-24(19-6-4-3-5-7-19)21(29)27(22(30)26-24)14-20(28)25-15-23-11-16-8-17(12-23)10-18(9-16)13-23/h3-7,16-18H,2,8-15H2,1H3,(H,25,28)(H,26,30). The molecule has 160 valence electrons. The normalized spacial score (nSPS) is 36.8. The van der Waals surface area contributed by atoms with Crippen LogP contribution < -0.4 is 10.6 Å². The van der Waals surface area contributed by atoms with E-state index >= 15 is 0 Å². The number of urea groups is 1. The highest BCUT2D eigenvalue weighted by molar-refractivity contribution is 6.09. The highest BCUT2D eigenvalue weighted by atomic mass is 16.2. The summed E-state index contributed by atoms with van der Waals surface area (Å²) >= 11 is 0. The molecule has 0 aromatic heterocycles. The van der Waals surface area contributed by atoms with E-state index in [1.807, 2.05) is 37.3 Å². The lowest BCUT2D eigenvalue weighted by atomic mass is 9.49. The molecule has 1 aliphatic heterocycles. The predicted molar refractivity (Wildman–Crippen MR) is 112 cm³/mol. The van der Waals surface area contributed by atoms with Crippen molar-refractivity contribution in [2.45, 2.75) is 57.4 Å². The number of nitrogens with zero attached hydrogens (tertiary/aromatic N) is 1. The molecule has 1 unspecified atom stereocenters. The molecule has 5 aliphatic rings. The molecule has 4 amide bonds. The minimum absolute atomic E-state index is 0.217. The SMILES string of the molecule is CCC1(c2ccccc2)NC(=O)N(CC(=O)NCC23CC4CC(CC(C4)C2)C3)C1=O. The number of rotatable bonds is 6. The lowest BCUT2D eigenvalue weighted by Crippen LogP contribution is -2.52. The van der Waals surface area contributed by atoms with Gasteiger partial charge in [-0.25, -0.2) is 4.79 Å². The van der Waals surface area contributed by atoms with Crippen molar-refractivity contribution in [2.24, 2.45) is 23.2 Å². The predicted octanol–water partition coefficient (Wildman–Crippen LogP) is 3.18. The van der Waals surface area contributed by atoms with Crippen LogP contribution in [0.1, 0.15) is 57.4 Å². The topological polar surface area (TPSA) is 78.5 Å². The van der Waals surface area contributed by atoms with Crippen molar-refractivity contribution in [3.8, 4) is 0 Å². The Balaban J connectivity index is 1.24. The van der Waals surface area contributed by atoms with E-state index in [1.54, 1.807) is 0 Å². The van der Waals surface area contributed by atoms with E-state index in [0.717, 1.165) is 28.2 Å². The Bertz CT molecular complexity index is 832. The van der Waals surface area contributed by atoms with Crippen molar-refractivity contribution in [3.63, 3.8) is 0 Å². The molecule has 30 heavy (non-hydrogen) atoms. The largest absolute Gasteiger partial charge is 0.354 e. The first kappa shape index (κ1) is 19.6. The van der Waals surface area contributed by atoms with Gasteiger partial charge < -0.3 is 10.6 Å². The fourth-order valence-electron chi connectivity index (χ4n) is 7.12. The van der Waals surface area contributed by atoms with Gasteiger partial charge in [0.15, 0.2) is 0 Å². The summed E-state index contributed by atoms with van der Waals surface area (Å²) in [7, 11) is 0. The quantitative estimate of drug-likeness (QED) is 0.709. The smallest absolute Gasteiger partial charge is 0.325 e. The Kier molecular flexibility index (Phi) is 4.64. The number of hydrogen-bond acceptors (Lipinski definition) is 3. The number of amides is 4. The number of hydrogen-bond donors (Lipinski definition) is 2. The van der Waals surface area contributed by atoms with Crippen LogP contribution in [0.3, 0.4) is 0 Å². The number of nitrogens with one attached hydrogen (secondary N) is 2. The van der Waals surface area contributed by atoms with Crippen molar-refractivity contribution in [3.05, 3.63) is 35.9 Å². The van der Waals surface area contributed by atoms with E-state index in [2.05, 4.69) is 10.6 Å². The summed E-state index contributed by atoms with van der Waals surface area (Å²) in [4.78, 5) is 39.6. The Morgan fingerprint density at radius 2 is 1.67 bits per heavy atom. The molecule has 4 bridgehead atoms. The fourth-order valence-corrected chi connectivity index (χ4v) is 7.12. The molecule has 1 heterocycles. The molecule has 5 fully saturated rings. The van der Waals surface area contributed by atoms with Crippen LogP contribution in [-0.2, 0) is 15.1 Å². The summed E-state index contributed by atoms with van der Waals surface area (Å²) in [5, 5.41) is 5.93. The number of carbonyl (C=O) groups excluding carboxylic acids is 3. The average molecular weight is 410 g/mol. The van der Waals surface area contributed by atoms with Crippen LogP contribution in [-0.4, -0.2) is 35.8 Å². The zero-order valence-electron chi connectivity index (χ0n) is 17.7. The summed E-state index contributed by atoms with van der Waals surface area (Å²) in [6.07, 6.45) is 8.20. The van der Waals surface area contributed by atoms with Gasteiger partial charge in [-0.1, -0.05) is 37.3 Å². The van der Waals surface area contributed by atoms with E-state index in [0.29, 0.717) is 13.0 Å². The molecular formula is C24H31N3O3. The lowest BCUT2D eigenvalue weighted by Gasteiger charge is -2.56. The molecule has 6 nitrogen and oxygen atoms in total. The Labute approximate surface area is 177 Å². The lowest BCUT2D eigenvalue weighted by molar-refractivity contribution is -0.135. The zero-order chi connectivity index (χ0) is 20.9. The molecule has 6 rings (SSSR count). The van der Waals surface area contributed by atoms with Crippen molar-refractivity contribution in [1.29, 1.82) is 0 Å². The first-order chi connectivity index (χ1) is 14.4. The Morgan fingerprint density at radius 1 is 1.07 bits per heavy atom. The van der Waals surface area contributed by atoms with Crippen LogP contribution in [0.15, 0.2) is 30.3 Å². The van der Waals surface area contributed by atoms with E-state index in [9.17, 15) is 14.4 Å². The summed E-state index contributed by atoms with van der Waals surface area (Å²) in [6.45, 7) is 2.34. The first-order valence-electron chi connectivity index (χ1n) is 11.4. The van der Waals surface area contributed by atoms with Gasteiger partial charge in [-0.15, -0.1) is 0 Å². The molecule has 2 N–H and O–H groups in total. The molecule has 4 aliphatic carbocycles. The maximum absolute atomic E-state index is 13.2. The van der Waals surface area contributed by atoms with Crippen LogP contribution in [0, 0.1) is 23.2 Å². The Hall–Kier alpha value is -2.37. The molecule has 1 atom stereocenters. The number of benzene rings is 1. The van der Waals surface area contributed by atoms with Gasteiger partial charge in [-0.05, 0) is 73.7 Å². The molecule has 1 saturated heterocycles. The molecular weight excluding hydrogens is 378 g/mol. The second-order valence-electron chi connectivity index (χ2n) is 10.1. The second kappa shape index (κ2) is 7.10. The minimum Gasteiger partial charge on any atom is -0.354 e. The highest BCUT2D eigenvalue weighted by Crippen LogP contribution is 2.59. The number of carbonyl (C=O) groups is 3. The van der Waals surface area contributed by atoms with E-state index in [-0.39, 0.29) is 23.8 Å². The maximum Gasteiger partial charge on any atom is 0.325 e. The minimum atomic E-state index is -1.08. The monoisotopic (exact) mass is 409 g/mol. The molecule has 0 radical (unpaired) electrons. The van der Waals surface area contributed by atoms with Gasteiger partial charge in [-0.2, -0.15) is 0 Å². The molecule has 0 spiro atoms. The average Bonchev–Trinajstić information content (AvgIpc) is 2.97. The van der Waals surface area contributed by atoms with Gasteiger partial charge in [0, 0.05) is 6.54 Å². The molecule has 1 aromatic carbocycles. The maximum atomic E-state index is 13.2. The molecule has 6 heteroatoms. The van der Waals surface area contributed by atoms with Gasteiger partial charge in [0.05, 0.1) is 0 Å². The third-order valence-corrected chi connectivity index (χ3v) is 8.10. The summed E-state index contributed by atoms with van der Waals surface area (Å²) < 4.78 is 0. The van der Waals surface area contributed by atoms with Crippen LogP contribution in [0.4, 0.5) is 4.79 Å². The fraction of sp³-hybridized carbons (Fsp3) is 0.625. The number of imide groups is 1. The van der Waals surface area contributed by atoms with Gasteiger partial charge in [0.25, 0.3) is 5.91 Å². The molecule has 1 aromatic rings. The van der Waals surface area contributed by atoms with Gasteiger partial charge in [0.1, 0.15) is 12.1 Å². The van der Waals surface area contributed by atoms with E-state index in [4.69, 9.17) is 0 Å². The third kappa shape index (κ3) is 3.12. The van der Waals surface area contributed by atoms with Crippen molar-refractivity contribution in [1.82, 2.24) is 15.5 Å². The van der Waals surface area contributed by atoms with Gasteiger partial charge >= 0.3 is 6.03 Å². The summed E-state index contributed by atoms with van der Waals surface area (Å²) in [5.41, 5.74) is -0.0976. The van der Waals surface area contributed by atoms with Crippen LogP contribution in [0.5, 0.6) is 0 Å². The van der Waals surface area contributed by atoms with E-state index < -0.39 is 11.6 Å². The first-order valence-corrected chi connectivity index (χ1v) is 11.4. The molecule has 4 saturated carbocycles. The van der Waals surface area contributed by atoms with Crippen molar-refractivity contribution in [2.75, 3.05) is 13.1 Å². The van der Waals surface area contributed by atoms with Gasteiger partial charge in [0.2, 0.25) is 5.91 Å². The van der Waals surface area contributed by atoms with Crippen LogP contribution >= 0.6 is 0 Å². The van der Waals surface area contributed by atoms with Gasteiger partial charge in [-0.3, -0.25) is 14.5 Å². The Morgan fingerprint density at radius 3 is 2.23 bits per heavy atom. The summed E-state index contributed by atoms with van der Waals surface area (Å²) in [6, 6.07) is 8.79. The van der Waals surface area contributed by atoms with Crippen molar-refractivity contribution < 1.29 is 14.4 Å². The zero-order valence-corrected chi connectivity index (χ0v) is 17.7. The second-order valence-corrected chi connectivity index (χ2v) is 10.1. The van der Waals surface area contributed by atoms with Crippen molar-refractivity contribution >= 4 is 17.8 Å².